The molecule has 0 amide bonds. The minimum atomic E-state index is -4.68. The van der Waals surface area contributed by atoms with Crippen molar-refractivity contribution in [3.8, 4) is 22.4 Å². The molecule has 5 nitrogen and oxygen atoms in total. The summed E-state index contributed by atoms with van der Waals surface area (Å²) in [6.07, 6.45) is -3.12. The largest absolute Gasteiger partial charge is 0.354 e. The number of alkyl halides is 2. The summed E-state index contributed by atoms with van der Waals surface area (Å²) >= 11 is 0. The normalized spacial score (nSPS) is 12.0. The third kappa shape index (κ3) is 3.58. The molecule has 1 heterocycles. The monoisotopic (exact) mass is 400 g/mol. The molecule has 0 spiro atoms. The van der Waals surface area contributed by atoms with Gasteiger partial charge >= 0.3 is 0 Å². The second kappa shape index (κ2) is 6.78. The molecule has 3 rings (SSSR count). The molecule has 1 aromatic heterocycles. The van der Waals surface area contributed by atoms with Gasteiger partial charge in [-0.25, -0.2) is 31.1 Å². The van der Waals surface area contributed by atoms with E-state index in [4.69, 9.17) is 5.14 Å². The van der Waals surface area contributed by atoms with Gasteiger partial charge in [-0.3, -0.25) is 0 Å². The Bertz CT molecular complexity index is 1090. The molecule has 0 unspecified atom stereocenters. The van der Waals surface area contributed by atoms with Crippen molar-refractivity contribution in [1.82, 2.24) is 5.16 Å². The molecule has 3 aromatic rings. The summed E-state index contributed by atoms with van der Waals surface area (Å²) in [5.41, 5.74) is 0.514. The summed E-state index contributed by atoms with van der Waals surface area (Å²) < 4.78 is 82.4. The lowest BCUT2D eigenvalue weighted by atomic mass is 9.98. The number of hydrogen-bond acceptors (Lipinski definition) is 4. The van der Waals surface area contributed by atoms with Gasteiger partial charge in [0.15, 0.2) is 4.90 Å². The van der Waals surface area contributed by atoms with Crippen LogP contribution in [0.4, 0.5) is 17.6 Å². The Kier molecular flexibility index (Phi) is 4.79. The van der Waals surface area contributed by atoms with E-state index in [9.17, 15) is 26.0 Å². The van der Waals surface area contributed by atoms with Crippen LogP contribution in [-0.2, 0) is 10.0 Å². The van der Waals surface area contributed by atoms with Crippen molar-refractivity contribution in [2.24, 2.45) is 5.14 Å². The lowest BCUT2D eigenvalue weighted by Gasteiger charge is -2.08. The number of nitrogens with two attached hydrogens (primary N) is 1. The lowest BCUT2D eigenvalue weighted by molar-refractivity contribution is 0.113. The molecule has 2 aromatic carbocycles. The van der Waals surface area contributed by atoms with Crippen LogP contribution in [0.2, 0.25) is 0 Å². The Morgan fingerprint density at radius 2 is 1.59 bits per heavy atom. The van der Waals surface area contributed by atoms with Gasteiger partial charge in [0, 0.05) is 5.56 Å². The van der Waals surface area contributed by atoms with Gasteiger partial charge in [0.1, 0.15) is 17.3 Å². The summed E-state index contributed by atoms with van der Waals surface area (Å²) in [7, 11) is -4.68. The van der Waals surface area contributed by atoms with Crippen LogP contribution >= 0.6 is 0 Å². The van der Waals surface area contributed by atoms with E-state index >= 15 is 0 Å². The van der Waals surface area contributed by atoms with E-state index in [1.807, 2.05) is 6.92 Å². The van der Waals surface area contributed by atoms with Crippen LogP contribution in [0.1, 0.15) is 17.7 Å². The summed E-state index contributed by atoms with van der Waals surface area (Å²) in [5, 5.41) is 8.38. The summed E-state index contributed by atoms with van der Waals surface area (Å²) in [6, 6.07) is 7.74. The molecule has 0 aliphatic heterocycles. The molecule has 10 heteroatoms. The van der Waals surface area contributed by atoms with Crippen molar-refractivity contribution in [1.29, 1.82) is 0 Å². The molecule has 0 aliphatic rings. The fourth-order valence-corrected chi connectivity index (χ4v) is 3.28. The molecule has 2 N–H and O–H groups in total. The first kappa shape index (κ1) is 19.1. The van der Waals surface area contributed by atoms with Gasteiger partial charge in [-0.05, 0) is 24.6 Å². The molecular formula is C17H12F4N2O3S. The maximum atomic E-state index is 14.2. The van der Waals surface area contributed by atoms with Crippen LogP contribution in [0.15, 0.2) is 45.8 Å². The topological polar surface area (TPSA) is 86.2 Å². The van der Waals surface area contributed by atoms with Gasteiger partial charge in [0.2, 0.25) is 15.8 Å². The third-order valence-electron chi connectivity index (χ3n) is 3.81. The van der Waals surface area contributed by atoms with Crippen molar-refractivity contribution < 1.29 is 30.5 Å². The fourth-order valence-electron chi connectivity index (χ4n) is 2.62. The molecule has 0 fully saturated rings. The van der Waals surface area contributed by atoms with Crippen LogP contribution in [0.25, 0.3) is 22.4 Å². The van der Waals surface area contributed by atoms with E-state index in [0.29, 0.717) is 17.7 Å². The minimum absolute atomic E-state index is 0.0625. The van der Waals surface area contributed by atoms with Gasteiger partial charge in [0.05, 0.1) is 5.56 Å². The zero-order valence-electron chi connectivity index (χ0n) is 13.7. The van der Waals surface area contributed by atoms with Gasteiger partial charge in [-0.15, -0.1) is 0 Å². The number of nitrogens with zero attached hydrogens (tertiary/aromatic N) is 1. The third-order valence-corrected chi connectivity index (χ3v) is 4.77. The van der Waals surface area contributed by atoms with E-state index in [1.165, 1.54) is 0 Å². The number of primary sulfonamides is 1. The van der Waals surface area contributed by atoms with E-state index in [0.717, 1.165) is 5.56 Å². The van der Waals surface area contributed by atoms with Crippen molar-refractivity contribution in [3.05, 3.63) is 59.4 Å². The molecule has 0 saturated carbocycles. The van der Waals surface area contributed by atoms with Crippen LogP contribution in [0.5, 0.6) is 0 Å². The lowest BCUT2D eigenvalue weighted by Crippen LogP contribution is -2.16. The molecule has 27 heavy (non-hydrogen) atoms. The quantitative estimate of drug-likeness (QED) is 0.666. The zero-order valence-corrected chi connectivity index (χ0v) is 14.5. The maximum Gasteiger partial charge on any atom is 0.298 e. The van der Waals surface area contributed by atoms with Crippen LogP contribution in [0, 0.1) is 18.6 Å². The van der Waals surface area contributed by atoms with E-state index < -0.39 is 38.7 Å². The number of rotatable bonds is 4. The first-order chi connectivity index (χ1) is 12.6. The highest BCUT2D eigenvalue weighted by Crippen LogP contribution is 2.40. The summed E-state index contributed by atoms with van der Waals surface area (Å²) in [4.78, 5) is -1.35. The average molecular weight is 400 g/mol. The summed E-state index contributed by atoms with van der Waals surface area (Å²) in [5.74, 6) is -3.92. The number of aromatic nitrogens is 1. The Hall–Kier alpha value is -2.72. The number of sulfonamides is 1. The fraction of sp³-hybridized carbons (Fsp3) is 0.118. The van der Waals surface area contributed by atoms with E-state index in [2.05, 4.69) is 9.68 Å². The Labute approximate surface area is 151 Å². The second-order valence-electron chi connectivity index (χ2n) is 5.75. The molecule has 0 aliphatic carbocycles. The smallest absolute Gasteiger partial charge is 0.298 e. The highest BCUT2D eigenvalue weighted by molar-refractivity contribution is 7.89. The van der Waals surface area contributed by atoms with Gasteiger partial charge < -0.3 is 4.52 Å². The molecule has 0 radical (unpaired) electrons. The highest BCUT2D eigenvalue weighted by atomic mass is 32.2. The summed E-state index contributed by atoms with van der Waals surface area (Å²) in [6.45, 7) is 1.81. The molecule has 142 valence electrons. The van der Waals surface area contributed by atoms with Gasteiger partial charge in [0.25, 0.3) is 6.43 Å². The number of halogens is 4. The second-order valence-corrected chi connectivity index (χ2v) is 7.25. The SMILES string of the molecule is Cc1ccc(-c2noc(C(F)F)c2-c2cc(F)c(S(N)(=O)=O)c(F)c2)cc1. The van der Waals surface area contributed by atoms with Crippen LogP contribution in [0.3, 0.4) is 0 Å². The van der Waals surface area contributed by atoms with E-state index in [1.54, 1.807) is 24.3 Å². The Balaban J connectivity index is 2.28. The number of aryl methyl sites for hydroxylation is 1. The Morgan fingerprint density at radius 1 is 1.04 bits per heavy atom. The van der Waals surface area contributed by atoms with Crippen LogP contribution < -0.4 is 5.14 Å². The molecular weight excluding hydrogens is 388 g/mol. The van der Waals surface area contributed by atoms with Gasteiger partial charge in [-0.1, -0.05) is 35.0 Å². The predicted molar refractivity (Wildman–Crippen MR) is 88.4 cm³/mol. The molecule has 0 saturated heterocycles. The first-order valence-corrected chi connectivity index (χ1v) is 9.01. The number of benzene rings is 2. The van der Waals surface area contributed by atoms with E-state index in [-0.39, 0.29) is 16.8 Å². The van der Waals surface area contributed by atoms with Crippen LogP contribution in [-0.4, -0.2) is 13.6 Å². The Morgan fingerprint density at radius 3 is 2.07 bits per heavy atom. The molecule has 0 atom stereocenters. The minimum Gasteiger partial charge on any atom is -0.354 e. The van der Waals surface area contributed by atoms with Crippen molar-refractivity contribution in [2.75, 3.05) is 0 Å². The predicted octanol–water partition coefficient (Wildman–Crippen LogP) is 4.18. The maximum absolute atomic E-state index is 14.2. The highest BCUT2D eigenvalue weighted by Gasteiger charge is 2.29. The van der Waals surface area contributed by atoms with Crippen molar-refractivity contribution >= 4 is 10.0 Å². The average Bonchev–Trinajstić information content (AvgIpc) is 2.98. The van der Waals surface area contributed by atoms with Crippen molar-refractivity contribution in [3.63, 3.8) is 0 Å². The standard InChI is InChI=1S/C17H12F4N2O3S/c1-8-2-4-9(5-3-8)14-13(15(17(20)21)26-23-14)10-6-11(18)16(12(19)7-10)27(22,24)25/h2-7,17H,1H3,(H2,22,24,25). The van der Waals surface area contributed by atoms with Gasteiger partial charge in [-0.2, -0.15) is 0 Å². The van der Waals surface area contributed by atoms with Crippen molar-refractivity contribution in [2.45, 2.75) is 18.2 Å². The zero-order chi connectivity index (χ0) is 19.9. The first-order valence-electron chi connectivity index (χ1n) is 7.46. The molecule has 0 bridgehead atoms. The number of hydrogen-bond donors (Lipinski definition) is 1.